The molecule has 0 saturated carbocycles. The van der Waals surface area contributed by atoms with Gasteiger partial charge in [-0.15, -0.1) is 0 Å². The van der Waals surface area contributed by atoms with Gasteiger partial charge >= 0.3 is 11.4 Å². The molecule has 0 aliphatic heterocycles. The Labute approximate surface area is 79.7 Å². The van der Waals surface area contributed by atoms with Crippen molar-refractivity contribution in [2.45, 2.75) is 25.5 Å². The van der Waals surface area contributed by atoms with Crippen LogP contribution in [-0.4, -0.2) is 23.1 Å². The lowest BCUT2D eigenvalue weighted by Gasteiger charge is -2.10. The third-order valence-electron chi connectivity index (χ3n) is 0.733. The molecule has 1 atom stereocenters. The molecule has 0 radical (unpaired) electrons. The first kappa shape index (κ1) is 11.5. The molecule has 1 unspecified atom stereocenters. The third kappa shape index (κ3) is 5.21. The summed E-state index contributed by atoms with van der Waals surface area (Å²) in [6, 6.07) is 0. The van der Waals surface area contributed by atoms with Crippen molar-refractivity contribution in [1.29, 1.82) is 0 Å². The van der Waals surface area contributed by atoms with E-state index in [1.165, 1.54) is 0 Å². The molecule has 4 nitrogen and oxygen atoms in total. The van der Waals surface area contributed by atoms with Gasteiger partial charge in [-0.05, 0) is 13.8 Å². The summed E-state index contributed by atoms with van der Waals surface area (Å²) in [5.74, 6) is -0.833. The first-order valence-electron chi connectivity index (χ1n) is 3.14. The summed E-state index contributed by atoms with van der Waals surface area (Å²) in [5.41, 5.74) is -2.62. The Morgan fingerprint density at radius 3 is 2.08 bits per heavy atom. The number of carbonyl (C=O) groups is 2. The second kappa shape index (κ2) is 5.22. The Balaban J connectivity index is 3.85. The van der Waals surface area contributed by atoms with Crippen molar-refractivity contribution in [3.05, 3.63) is 0 Å². The zero-order valence-corrected chi connectivity index (χ0v) is 8.06. The highest BCUT2D eigenvalue weighted by Gasteiger charge is 2.21. The van der Waals surface area contributed by atoms with Crippen LogP contribution in [0.5, 0.6) is 0 Å². The van der Waals surface area contributed by atoms with Crippen LogP contribution in [0.2, 0.25) is 0 Å². The molecule has 0 bridgehead atoms. The van der Waals surface area contributed by atoms with E-state index in [4.69, 9.17) is 23.2 Å². The number of rotatable bonds is 3. The van der Waals surface area contributed by atoms with Crippen molar-refractivity contribution in [2.75, 3.05) is 0 Å². The lowest BCUT2D eigenvalue weighted by atomic mass is 10.5. The van der Waals surface area contributed by atoms with E-state index in [1.807, 2.05) is 0 Å². The fraction of sp³-hybridized carbons (Fsp3) is 0.667. The number of esters is 1. The molecular weight excluding hydrogens is 207 g/mol. The van der Waals surface area contributed by atoms with Crippen molar-refractivity contribution in [1.82, 2.24) is 0 Å². The van der Waals surface area contributed by atoms with Gasteiger partial charge in [0.15, 0.2) is 0 Å². The molecule has 0 aliphatic rings. The molecule has 0 aromatic heterocycles. The van der Waals surface area contributed by atoms with Gasteiger partial charge in [-0.3, -0.25) is 0 Å². The molecule has 12 heavy (non-hydrogen) atoms. The Kier molecular flexibility index (Phi) is 5.01. The maximum Gasteiger partial charge on any atom is 0.405 e. The van der Waals surface area contributed by atoms with E-state index in [1.54, 1.807) is 13.8 Å². The molecule has 0 aromatic rings. The van der Waals surface area contributed by atoms with Gasteiger partial charge in [-0.2, -0.15) is 0 Å². The molecule has 0 aliphatic carbocycles. The topological polar surface area (TPSA) is 52.6 Å². The predicted octanol–water partition coefficient (Wildman–Crippen LogP) is 1.88. The van der Waals surface area contributed by atoms with Crippen LogP contribution in [0, 0.1) is 0 Å². The summed E-state index contributed by atoms with van der Waals surface area (Å²) in [6.07, 6.45) is -0.312. The standard InChI is InChI=1S/C6H8Cl2O4/c1-3(2)11-5(9)4(7)12-6(8)10/h3-4H,1-2H3. The van der Waals surface area contributed by atoms with Crippen LogP contribution in [0.3, 0.4) is 0 Å². The molecule has 70 valence electrons. The lowest BCUT2D eigenvalue weighted by molar-refractivity contribution is -0.152. The van der Waals surface area contributed by atoms with Crippen LogP contribution in [0.4, 0.5) is 4.79 Å². The molecule has 0 fully saturated rings. The van der Waals surface area contributed by atoms with Gasteiger partial charge in [0.05, 0.1) is 6.10 Å². The molecule has 0 spiro atoms. The van der Waals surface area contributed by atoms with Crippen LogP contribution in [0.25, 0.3) is 0 Å². The molecule has 0 heterocycles. The highest BCUT2D eigenvalue weighted by Crippen LogP contribution is 2.05. The Bertz CT molecular complexity index is 180. The second-order valence-electron chi connectivity index (χ2n) is 2.16. The van der Waals surface area contributed by atoms with Gasteiger partial charge in [0.2, 0.25) is 0 Å². The minimum atomic E-state index is -1.47. The fourth-order valence-electron chi connectivity index (χ4n) is 0.415. The SMILES string of the molecule is CC(C)OC(=O)C(Cl)OC(=O)Cl. The summed E-state index contributed by atoms with van der Waals surface area (Å²) < 4.78 is 8.74. The Morgan fingerprint density at radius 2 is 1.75 bits per heavy atom. The smallest absolute Gasteiger partial charge is 0.405 e. The Morgan fingerprint density at radius 1 is 1.25 bits per heavy atom. The molecule has 0 rings (SSSR count). The van der Waals surface area contributed by atoms with E-state index < -0.39 is 17.0 Å². The van der Waals surface area contributed by atoms with Gasteiger partial charge in [0, 0.05) is 11.6 Å². The average molecular weight is 215 g/mol. The van der Waals surface area contributed by atoms with Gasteiger partial charge in [0.1, 0.15) is 0 Å². The van der Waals surface area contributed by atoms with E-state index in [9.17, 15) is 9.59 Å². The fourth-order valence-corrected chi connectivity index (χ4v) is 0.682. The van der Waals surface area contributed by atoms with Gasteiger partial charge in [0.25, 0.3) is 5.56 Å². The summed E-state index contributed by atoms with van der Waals surface area (Å²) >= 11 is 10.1. The number of halogens is 2. The van der Waals surface area contributed by atoms with E-state index in [0.29, 0.717) is 0 Å². The molecule has 0 amide bonds. The van der Waals surface area contributed by atoms with Crippen LogP contribution in [-0.2, 0) is 14.3 Å². The lowest BCUT2D eigenvalue weighted by Crippen LogP contribution is -2.24. The van der Waals surface area contributed by atoms with Crippen LogP contribution in [0.15, 0.2) is 0 Å². The van der Waals surface area contributed by atoms with Crippen molar-refractivity contribution >= 4 is 34.6 Å². The van der Waals surface area contributed by atoms with Gasteiger partial charge in [-0.1, -0.05) is 11.6 Å². The van der Waals surface area contributed by atoms with E-state index in [-0.39, 0.29) is 6.10 Å². The van der Waals surface area contributed by atoms with Crippen molar-refractivity contribution in [2.24, 2.45) is 0 Å². The van der Waals surface area contributed by atoms with Crippen molar-refractivity contribution < 1.29 is 19.1 Å². The van der Waals surface area contributed by atoms with Crippen LogP contribution < -0.4 is 0 Å². The number of hydrogen-bond donors (Lipinski definition) is 0. The Hall–Kier alpha value is -0.480. The summed E-state index contributed by atoms with van der Waals surface area (Å²) in [7, 11) is 0. The normalized spacial score (nSPS) is 12.4. The second-order valence-corrected chi connectivity index (χ2v) is 2.86. The molecular formula is C6H8Cl2O4. The quantitative estimate of drug-likeness (QED) is 0.409. The minimum Gasteiger partial charge on any atom is -0.459 e. The number of alkyl halides is 1. The van der Waals surface area contributed by atoms with E-state index in [0.717, 1.165) is 0 Å². The third-order valence-corrected chi connectivity index (χ3v) is 1.09. The summed E-state index contributed by atoms with van der Waals surface area (Å²) in [4.78, 5) is 20.9. The largest absolute Gasteiger partial charge is 0.459 e. The molecule has 6 heteroatoms. The highest BCUT2D eigenvalue weighted by molar-refractivity contribution is 6.61. The van der Waals surface area contributed by atoms with E-state index in [2.05, 4.69) is 9.47 Å². The maximum absolute atomic E-state index is 10.8. The number of ether oxygens (including phenoxy) is 2. The maximum atomic E-state index is 10.8. The number of hydrogen-bond acceptors (Lipinski definition) is 4. The van der Waals surface area contributed by atoms with Crippen molar-refractivity contribution in [3.63, 3.8) is 0 Å². The van der Waals surface area contributed by atoms with Crippen LogP contribution in [0.1, 0.15) is 13.8 Å². The first-order chi connectivity index (χ1) is 5.43. The zero-order valence-electron chi connectivity index (χ0n) is 6.54. The monoisotopic (exact) mass is 214 g/mol. The van der Waals surface area contributed by atoms with Crippen LogP contribution >= 0.6 is 23.2 Å². The zero-order chi connectivity index (χ0) is 9.72. The minimum absolute atomic E-state index is 0.312. The van der Waals surface area contributed by atoms with Gasteiger partial charge < -0.3 is 9.47 Å². The summed E-state index contributed by atoms with van der Waals surface area (Å²) in [5, 5.41) is 0. The van der Waals surface area contributed by atoms with E-state index >= 15 is 0 Å². The summed E-state index contributed by atoms with van der Waals surface area (Å²) in [6.45, 7) is 3.29. The highest BCUT2D eigenvalue weighted by atomic mass is 35.5. The number of carbonyl (C=O) groups excluding carboxylic acids is 2. The molecule has 0 N–H and O–H groups in total. The average Bonchev–Trinajstić information content (AvgIpc) is 1.84. The van der Waals surface area contributed by atoms with Gasteiger partial charge in [-0.25, -0.2) is 9.59 Å². The van der Waals surface area contributed by atoms with Crippen molar-refractivity contribution in [3.8, 4) is 0 Å². The predicted molar refractivity (Wildman–Crippen MR) is 43.2 cm³/mol. The first-order valence-corrected chi connectivity index (χ1v) is 3.95. The molecule has 0 saturated heterocycles. The molecule has 0 aromatic carbocycles.